The van der Waals surface area contributed by atoms with Crippen LogP contribution in [-0.2, 0) is 0 Å². The second kappa shape index (κ2) is 116. The Bertz CT molecular complexity index is 1140. The van der Waals surface area contributed by atoms with Crippen LogP contribution in [0.1, 0.15) is 0 Å². The van der Waals surface area contributed by atoms with Crippen molar-refractivity contribution in [2.75, 3.05) is 0 Å². The van der Waals surface area contributed by atoms with Crippen LogP contribution in [0.5, 0.6) is 0 Å². The predicted octanol–water partition coefficient (Wildman–Crippen LogP) is -88.5. The molecule has 0 heterocycles. The molecular formula is H194Si96. The van der Waals surface area contributed by atoms with Gasteiger partial charge in [0.1, 0.15) is 0 Å². The first-order chi connectivity index (χ1) is 47.9. The van der Waals surface area contributed by atoms with Gasteiger partial charge in [-0.25, -0.2) is 0 Å². The maximum atomic E-state index is 1.76. The van der Waals surface area contributed by atoms with E-state index in [1.54, 1.807) is 19.5 Å². The third kappa shape index (κ3) is 115. The van der Waals surface area contributed by atoms with Crippen molar-refractivity contribution in [1.82, 2.24) is 0 Å². The Labute approximate surface area is 807 Å². The molecule has 0 amide bonds. The molecule has 0 nitrogen and oxygen atoms in total. The molecule has 0 rings (SSSR count). The maximum Gasteiger partial charge on any atom is -0.00934 e. The lowest BCUT2D eigenvalue weighted by atomic mass is 26.1. The van der Waals surface area contributed by atoms with Crippen LogP contribution in [0.3, 0.4) is 0 Å². The minimum absolute atomic E-state index is 0.819. The lowest BCUT2D eigenvalue weighted by Gasteiger charge is -2.01. The van der Waals surface area contributed by atoms with Crippen molar-refractivity contribution in [3.63, 3.8) is 0 Å². The zero-order chi connectivity index (χ0) is 68.5. The number of rotatable bonds is 93. The average molecular weight is 2890 g/mol. The Balaban J connectivity index is 3.09. The molecule has 578 valence electrons. The van der Waals surface area contributed by atoms with Gasteiger partial charge in [-0.05, 0) is 824 Å². The van der Waals surface area contributed by atoms with Gasteiger partial charge in [0, 0.05) is 0 Å². The zero-order valence-corrected chi connectivity index (χ0v) is 205. The summed E-state index contributed by atoms with van der Waals surface area (Å²) in [6.07, 6.45) is 0. The van der Waals surface area contributed by atoms with E-state index in [2.05, 4.69) is 0 Å². The summed E-state index contributed by atoms with van der Waals surface area (Å²) in [5, 5.41) is 0. The topological polar surface area (TPSA) is 0 Å². The van der Waals surface area contributed by atoms with Gasteiger partial charge in [0.25, 0.3) is 0 Å². The molecule has 0 aliphatic carbocycles. The lowest BCUT2D eigenvalue weighted by molar-refractivity contribution is 3.76. The summed E-state index contributed by atoms with van der Waals surface area (Å²) in [4.78, 5) is 0. The summed E-state index contributed by atoms with van der Waals surface area (Å²) in [7, 11) is 91.7. The van der Waals surface area contributed by atoms with Crippen LogP contribution in [0.25, 0.3) is 0 Å². The van der Waals surface area contributed by atoms with Crippen molar-refractivity contribution in [3.8, 4) is 0 Å². The van der Waals surface area contributed by atoms with E-state index < -0.39 is 0 Å². The van der Waals surface area contributed by atoms with Gasteiger partial charge in [0.2, 0.25) is 0 Å². The van der Waals surface area contributed by atoms with Gasteiger partial charge in [0.15, 0.2) is 0 Å². The number of hydrogen-bond donors (Lipinski definition) is 0. The molecule has 0 unspecified atom stereocenters. The summed E-state index contributed by atoms with van der Waals surface area (Å²) < 4.78 is 0. The van der Waals surface area contributed by atoms with Crippen LogP contribution in [0.4, 0.5) is 0 Å². The van der Waals surface area contributed by atoms with E-state index in [1.165, 1.54) is 0 Å². The van der Waals surface area contributed by atoms with E-state index in [1.807, 2.05) is 0 Å². The van der Waals surface area contributed by atoms with Crippen LogP contribution in [0.15, 0.2) is 0 Å². The van der Waals surface area contributed by atoms with Gasteiger partial charge in [-0.1, -0.05) is 0 Å². The molecule has 0 N–H and O–H groups in total. The standard InChI is InChI=1S/H194Si96/c1-3-5-7-9-11-13-15-17-19-21-23-25-27-29-31-33-35-37-39-41-43-45-47-49-51-53-55-57-59-61-63-65-67-69-71-73-75-77-79-81-83-85-87-89-91-93-95-96-94-92-90-88-86-84-82-80-78-76-74-72-70-68-66-64-62-60-58-56-54-52-50-48-46-44-42-40-38-36-34-32-30-28-26-24-22-20-18-16-14-12-10-8-6-4-2/h3-96H2,1-2H3. The molecule has 0 aromatic carbocycles. The fourth-order valence-electron chi connectivity index (χ4n) is 16.4. The second-order valence-corrected chi connectivity index (χ2v) is 905. The molecular weight excluding hydrogens is 2700 g/mol. The molecule has 0 atom stereocenters. The Morgan fingerprint density at radius 3 is 0.115 bits per heavy atom. The summed E-state index contributed by atoms with van der Waals surface area (Å²) in [5.41, 5.74) is 0. The molecule has 0 aromatic rings. The first-order valence-electron chi connectivity index (χ1n) is 47.9. The van der Waals surface area contributed by atoms with Gasteiger partial charge in [0.05, 0.1) is 0 Å². The molecule has 0 saturated heterocycles. The summed E-state index contributed by atoms with van der Waals surface area (Å²) in [6, 6.07) is 0. The van der Waals surface area contributed by atoms with E-state index in [4.69, 9.17) is 0 Å². The van der Waals surface area contributed by atoms with Crippen LogP contribution in [0.2, 0.25) is 0 Å². The van der Waals surface area contributed by atoms with Crippen molar-refractivity contribution < 1.29 is 0 Å². The van der Waals surface area contributed by atoms with Gasteiger partial charge >= 0.3 is 0 Å². The summed E-state index contributed by atoms with van der Waals surface area (Å²) in [5.74, 6) is 0. The Kier molecular flexibility index (Phi) is 141. The fourth-order valence-corrected chi connectivity index (χ4v) is 3990. The molecule has 0 saturated carbocycles. The van der Waals surface area contributed by atoms with Crippen molar-refractivity contribution in [1.29, 1.82) is 0 Å². The molecule has 96 heavy (non-hydrogen) atoms. The van der Waals surface area contributed by atoms with Crippen LogP contribution >= 0.6 is 0 Å². The Morgan fingerprint density at radius 1 is 0.0521 bits per heavy atom. The first-order valence-corrected chi connectivity index (χ1v) is 431. The molecule has 0 radical (unpaired) electrons. The fraction of sp³-hybridized carbons (Fsp3) is 0. The molecule has 96 heteroatoms. The van der Waals surface area contributed by atoms with E-state index in [0.29, 0.717) is 0 Å². The van der Waals surface area contributed by atoms with Crippen LogP contribution < -0.4 is 0 Å². The van der Waals surface area contributed by atoms with E-state index >= 15 is 0 Å². The zero-order valence-electron chi connectivity index (χ0n) is 68.5. The van der Waals surface area contributed by atoms with Gasteiger partial charge < -0.3 is 0 Å². The number of hydrogen-bond acceptors (Lipinski definition) is 0. The van der Waals surface area contributed by atoms with Crippen molar-refractivity contribution in [3.05, 3.63) is 0 Å². The largest absolute Gasteiger partial charge is 0.0120 e. The predicted molar refractivity (Wildman–Crippen MR) is 823 cm³/mol. The third-order valence-electron chi connectivity index (χ3n) is 23.5. The maximum absolute atomic E-state index is 1.76. The Hall–Kier alpha value is 20.8. The molecule has 0 spiro atoms. The van der Waals surface area contributed by atoms with Gasteiger partial charge in [-0.3, -0.25) is 0 Å². The minimum atomic E-state index is 0.819. The highest BCUT2D eigenvalue weighted by Gasteiger charge is 2.08. The average Bonchev–Trinajstić information content (AvgIpc) is 3.61. The smallest absolute Gasteiger partial charge is 0.00934 e. The highest BCUT2D eigenvalue weighted by atomic mass is 30.2. The monoisotopic (exact) mass is 2880 g/mol. The summed E-state index contributed by atoms with van der Waals surface area (Å²) >= 11 is 0. The minimum Gasteiger partial charge on any atom is -0.0120 e. The van der Waals surface area contributed by atoms with Crippen molar-refractivity contribution >= 4 is 824 Å². The highest BCUT2D eigenvalue weighted by molar-refractivity contribution is 7.84. The Morgan fingerprint density at radius 2 is 0.0833 bits per heavy atom. The SMILES string of the molecule is [SiH3][SiH2][SiH2][SiH2][SiH2][SiH2][SiH2][SiH2][SiH2][SiH2][SiH2][SiH2][SiH2][SiH2][SiH2][SiH2][SiH2][SiH2][SiH2][SiH2][SiH2][SiH2][SiH2][SiH2][SiH2][SiH2][SiH2][SiH2][SiH2][SiH2][SiH2][SiH2][SiH2][SiH2][SiH2][SiH2][SiH2][SiH2][SiH2][SiH2][SiH2][SiH2][SiH2][SiH2][SiH2][SiH2][SiH2][SiH2][SiH2][SiH2][SiH2][SiH2][SiH2][SiH2][SiH2][SiH2][SiH2][SiH2][SiH2][SiH2][SiH2][SiH2][SiH2][SiH2][SiH2][SiH2][SiH2][SiH2][SiH2][SiH2][SiH2][SiH2][SiH2][SiH2][SiH2][SiH2][SiH2][SiH2][SiH2][SiH2][SiH2][SiH2][SiH2][SiH2][SiH2][SiH2][SiH2][SiH2][SiH2][SiH2][SiH2][SiH2][SiH2][SiH2][SiH2][SiH3]. The summed E-state index contributed by atoms with van der Waals surface area (Å²) in [6.45, 7) is 0. The molecule has 0 fully saturated rings. The van der Waals surface area contributed by atoms with E-state index in [0.717, 1.165) is 804 Å². The van der Waals surface area contributed by atoms with Gasteiger partial charge in [-0.2, -0.15) is 0 Å². The third-order valence-corrected chi connectivity index (χ3v) is 1900. The first kappa shape index (κ1) is 117. The van der Waals surface area contributed by atoms with Crippen LogP contribution in [0, 0.1) is 0 Å². The molecule has 0 aliphatic rings. The van der Waals surface area contributed by atoms with E-state index in [9.17, 15) is 0 Å². The van der Waals surface area contributed by atoms with Gasteiger partial charge in [-0.15, -0.1) is 0 Å². The normalized spacial score (nSPS) is 23.6. The highest BCUT2D eigenvalue weighted by Crippen LogP contribution is 1.71. The van der Waals surface area contributed by atoms with Crippen LogP contribution in [-0.4, -0.2) is 824 Å². The van der Waals surface area contributed by atoms with Crippen molar-refractivity contribution in [2.24, 2.45) is 0 Å². The quantitative estimate of drug-likeness (QED) is 0.0421. The molecule has 0 aliphatic heterocycles. The lowest BCUT2D eigenvalue weighted by Crippen LogP contribution is -2.38. The van der Waals surface area contributed by atoms with Crippen molar-refractivity contribution in [2.45, 2.75) is 0 Å². The molecule has 0 aromatic heterocycles. The second-order valence-electron chi connectivity index (χ2n) is 33.5. The molecule has 0 bridgehead atoms. The van der Waals surface area contributed by atoms with E-state index in [-0.39, 0.29) is 0 Å².